The molecule has 4 rings (SSSR count). The van der Waals surface area contributed by atoms with Gasteiger partial charge in [-0.05, 0) is 48.5 Å². The lowest BCUT2D eigenvalue weighted by Gasteiger charge is -2.19. The van der Waals surface area contributed by atoms with Gasteiger partial charge in [0.2, 0.25) is 5.91 Å². The molecule has 0 atom stereocenters. The number of hydrogen-bond donors (Lipinski definition) is 3. The maximum atomic E-state index is 12.3. The van der Waals surface area contributed by atoms with Crippen molar-refractivity contribution >= 4 is 40.8 Å². The van der Waals surface area contributed by atoms with E-state index in [1.807, 2.05) is 42.5 Å². The van der Waals surface area contributed by atoms with Crippen LogP contribution in [0.15, 0.2) is 77.7 Å². The van der Waals surface area contributed by atoms with Gasteiger partial charge in [0, 0.05) is 28.0 Å². The zero-order chi connectivity index (χ0) is 21.5. The molecule has 0 saturated carbocycles. The highest BCUT2D eigenvalue weighted by atomic mass is 32.2. The lowest BCUT2D eigenvalue weighted by Crippen LogP contribution is -2.19. The molecule has 3 aromatic rings. The van der Waals surface area contributed by atoms with Crippen molar-refractivity contribution < 1.29 is 19.1 Å². The SMILES string of the molecule is O=C(CSc1ccc(NC(=O)Nc2ccccc2)cc1)Nc1ccc2c(c1)OCCO2. The molecule has 0 unspecified atom stereocenters. The fourth-order valence-corrected chi connectivity index (χ4v) is 3.61. The topological polar surface area (TPSA) is 88.7 Å². The van der Waals surface area contributed by atoms with Crippen LogP contribution < -0.4 is 25.4 Å². The summed E-state index contributed by atoms with van der Waals surface area (Å²) in [7, 11) is 0. The maximum Gasteiger partial charge on any atom is 0.323 e. The lowest BCUT2D eigenvalue weighted by atomic mass is 10.2. The molecule has 3 N–H and O–H groups in total. The van der Waals surface area contributed by atoms with Gasteiger partial charge in [-0.15, -0.1) is 11.8 Å². The number of amides is 3. The van der Waals surface area contributed by atoms with Crippen LogP contribution in [0.5, 0.6) is 11.5 Å². The molecule has 0 aromatic heterocycles. The highest BCUT2D eigenvalue weighted by Crippen LogP contribution is 2.32. The van der Waals surface area contributed by atoms with Crippen LogP contribution in [0.1, 0.15) is 0 Å². The highest BCUT2D eigenvalue weighted by Gasteiger charge is 2.13. The predicted molar refractivity (Wildman–Crippen MR) is 122 cm³/mol. The Morgan fingerprint density at radius 1 is 0.742 bits per heavy atom. The largest absolute Gasteiger partial charge is 0.486 e. The third kappa shape index (κ3) is 5.93. The van der Waals surface area contributed by atoms with E-state index in [2.05, 4.69) is 16.0 Å². The van der Waals surface area contributed by atoms with E-state index in [0.717, 1.165) is 10.6 Å². The minimum Gasteiger partial charge on any atom is -0.486 e. The van der Waals surface area contributed by atoms with Crippen molar-refractivity contribution in [2.75, 3.05) is 34.9 Å². The number of carbonyl (C=O) groups excluding carboxylic acids is 2. The fraction of sp³-hybridized carbons (Fsp3) is 0.130. The van der Waals surface area contributed by atoms with Crippen LogP contribution in [0, 0.1) is 0 Å². The number of thioether (sulfide) groups is 1. The van der Waals surface area contributed by atoms with Gasteiger partial charge in [-0.25, -0.2) is 4.79 Å². The number of benzene rings is 3. The Hall–Kier alpha value is -3.65. The first-order valence-corrected chi connectivity index (χ1v) is 10.7. The van der Waals surface area contributed by atoms with E-state index in [9.17, 15) is 9.59 Å². The first-order valence-electron chi connectivity index (χ1n) is 9.71. The van der Waals surface area contributed by atoms with Crippen molar-refractivity contribution in [3.05, 3.63) is 72.8 Å². The first kappa shape index (κ1) is 20.6. The average Bonchev–Trinajstić information content (AvgIpc) is 2.79. The van der Waals surface area contributed by atoms with Gasteiger partial charge < -0.3 is 25.4 Å². The second kappa shape index (κ2) is 9.90. The summed E-state index contributed by atoms with van der Waals surface area (Å²) in [5.74, 6) is 1.46. The Labute approximate surface area is 184 Å². The van der Waals surface area contributed by atoms with Gasteiger partial charge in [-0.2, -0.15) is 0 Å². The average molecular weight is 436 g/mol. The Balaban J connectivity index is 1.24. The summed E-state index contributed by atoms with van der Waals surface area (Å²) in [4.78, 5) is 25.2. The van der Waals surface area contributed by atoms with Gasteiger partial charge in [0.15, 0.2) is 11.5 Å². The van der Waals surface area contributed by atoms with Crippen LogP contribution in [0.4, 0.5) is 21.9 Å². The van der Waals surface area contributed by atoms with E-state index < -0.39 is 0 Å². The molecule has 3 aromatic carbocycles. The number of ether oxygens (including phenoxy) is 2. The number of rotatable bonds is 6. The van der Waals surface area contributed by atoms with E-state index in [1.165, 1.54) is 11.8 Å². The van der Waals surface area contributed by atoms with E-state index in [1.54, 1.807) is 30.3 Å². The van der Waals surface area contributed by atoms with Crippen LogP contribution in [-0.2, 0) is 4.79 Å². The Bertz CT molecular complexity index is 1060. The smallest absolute Gasteiger partial charge is 0.323 e. The second-order valence-electron chi connectivity index (χ2n) is 6.66. The molecule has 0 radical (unpaired) electrons. The minimum atomic E-state index is -0.314. The molecule has 3 amide bonds. The van der Waals surface area contributed by atoms with Crippen molar-refractivity contribution in [3.8, 4) is 11.5 Å². The molecule has 1 aliphatic heterocycles. The number of fused-ring (bicyclic) bond motifs is 1. The van der Waals surface area contributed by atoms with Gasteiger partial charge in [-0.1, -0.05) is 18.2 Å². The molecular weight excluding hydrogens is 414 g/mol. The quantitative estimate of drug-likeness (QED) is 0.483. The molecule has 31 heavy (non-hydrogen) atoms. The number of carbonyl (C=O) groups is 2. The van der Waals surface area contributed by atoms with Crippen LogP contribution in [0.2, 0.25) is 0 Å². The first-order chi connectivity index (χ1) is 15.2. The van der Waals surface area contributed by atoms with E-state index >= 15 is 0 Å². The van der Waals surface area contributed by atoms with Crippen LogP contribution in [0.25, 0.3) is 0 Å². The van der Waals surface area contributed by atoms with Gasteiger partial charge in [0.25, 0.3) is 0 Å². The monoisotopic (exact) mass is 435 g/mol. The molecule has 8 heteroatoms. The molecule has 7 nitrogen and oxygen atoms in total. The summed E-state index contributed by atoms with van der Waals surface area (Å²) in [6.07, 6.45) is 0. The van der Waals surface area contributed by atoms with Gasteiger partial charge in [-0.3, -0.25) is 4.79 Å². The van der Waals surface area contributed by atoms with Crippen LogP contribution in [0.3, 0.4) is 0 Å². The fourth-order valence-electron chi connectivity index (χ4n) is 2.92. The summed E-state index contributed by atoms with van der Waals surface area (Å²) in [6.45, 7) is 1.03. The van der Waals surface area contributed by atoms with Gasteiger partial charge >= 0.3 is 6.03 Å². The van der Waals surface area contributed by atoms with Crippen molar-refractivity contribution in [1.29, 1.82) is 0 Å². The predicted octanol–water partition coefficient (Wildman–Crippen LogP) is 4.83. The van der Waals surface area contributed by atoms with E-state index in [0.29, 0.717) is 36.1 Å². The molecule has 158 valence electrons. The minimum absolute atomic E-state index is 0.119. The highest BCUT2D eigenvalue weighted by molar-refractivity contribution is 8.00. The summed E-state index contributed by atoms with van der Waals surface area (Å²) in [5, 5.41) is 8.40. The van der Waals surface area contributed by atoms with Crippen molar-refractivity contribution in [2.24, 2.45) is 0 Å². The molecule has 0 saturated heterocycles. The molecule has 0 spiro atoms. The summed E-state index contributed by atoms with van der Waals surface area (Å²) in [5.41, 5.74) is 2.05. The second-order valence-corrected chi connectivity index (χ2v) is 7.71. The molecule has 1 heterocycles. The molecular formula is C23H21N3O4S. The Morgan fingerprint density at radius 3 is 2.13 bits per heavy atom. The van der Waals surface area contributed by atoms with Crippen LogP contribution in [-0.4, -0.2) is 30.9 Å². The van der Waals surface area contributed by atoms with Crippen molar-refractivity contribution in [2.45, 2.75) is 4.90 Å². The number of para-hydroxylation sites is 1. The van der Waals surface area contributed by atoms with Gasteiger partial charge in [0.05, 0.1) is 5.75 Å². The molecule has 0 bridgehead atoms. The van der Waals surface area contributed by atoms with E-state index in [-0.39, 0.29) is 17.7 Å². The Kier molecular flexibility index (Phi) is 6.59. The van der Waals surface area contributed by atoms with E-state index in [4.69, 9.17) is 9.47 Å². The summed E-state index contributed by atoms with van der Waals surface area (Å²) >= 11 is 1.41. The normalized spacial score (nSPS) is 12.0. The number of nitrogens with one attached hydrogen (secondary N) is 3. The summed E-state index contributed by atoms with van der Waals surface area (Å²) in [6, 6.07) is 21.6. The third-order valence-corrected chi connectivity index (χ3v) is 5.35. The lowest BCUT2D eigenvalue weighted by molar-refractivity contribution is -0.113. The van der Waals surface area contributed by atoms with Gasteiger partial charge in [0.1, 0.15) is 13.2 Å². The number of urea groups is 1. The molecule has 1 aliphatic rings. The molecule has 0 fully saturated rings. The molecule has 0 aliphatic carbocycles. The zero-order valence-corrected chi connectivity index (χ0v) is 17.4. The maximum absolute atomic E-state index is 12.3. The zero-order valence-electron chi connectivity index (χ0n) is 16.6. The standard InChI is InChI=1S/C23H21N3O4S/c27-22(24-18-8-11-20-21(14-18)30-13-12-29-20)15-31-19-9-6-17(7-10-19)26-23(28)25-16-4-2-1-3-5-16/h1-11,14H,12-13,15H2,(H,24,27)(H2,25,26,28). The third-order valence-electron chi connectivity index (χ3n) is 4.34. The number of hydrogen-bond acceptors (Lipinski definition) is 5. The Morgan fingerprint density at radius 2 is 1.39 bits per heavy atom. The number of anilines is 3. The van der Waals surface area contributed by atoms with Crippen LogP contribution >= 0.6 is 11.8 Å². The summed E-state index contributed by atoms with van der Waals surface area (Å²) < 4.78 is 11.0. The van der Waals surface area contributed by atoms with Crippen molar-refractivity contribution in [1.82, 2.24) is 0 Å². The van der Waals surface area contributed by atoms with Crippen molar-refractivity contribution in [3.63, 3.8) is 0 Å².